The molecule has 0 nitrogen and oxygen atoms in total. The van der Waals surface area contributed by atoms with Crippen molar-refractivity contribution < 1.29 is 0 Å². The molecule has 12 aromatic carbocycles. The van der Waals surface area contributed by atoms with Crippen LogP contribution in [0.3, 0.4) is 0 Å². The van der Waals surface area contributed by atoms with Gasteiger partial charge in [-0.25, -0.2) is 0 Å². The Morgan fingerprint density at radius 3 is 0.500 bits per heavy atom. The predicted molar refractivity (Wildman–Crippen MR) is 409 cm³/mol. The van der Waals surface area contributed by atoms with Gasteiger partial charge in [-0.05, 0) is 0 Å². The summed E-state index contributed by atoms with van der Waals surface area (Å²) in [5.74, 6) is -5.02. The molecule has 15 rings (SSSR count). The molecule has 3 aliphatic rings. The van der Waals surface area contributed by atoms with Crippen LogP contribution in [0, 0.1) is 0 Å². The van der Waals surface area contributed by atoms with Gasteiger partial charge in [-0.3, -0.25) is 0 Å². The van der Waals surface area contributed by atoms with E-state index in [4.69, 9.17) is 0 Å². The maximum absolute atomic E-state index is 10.5. The van der Waals surface area contributed by atoms with Gasteiger partial charge in [-0.2, -0.15) is 0 Å². The van der Waals surface area contributed by atoms with Gasteiger partial charge in [-0.15, -0.1) is 0 Å². The molecular weight excluding hydrogens is 1300 g/mol. The molecule has 3 saturated heterocycles. The fraction of sp³-hybridized carbons (Fsp3) is 0.0132. The molecule has 2 bridgehead atoms. The molecule has 88 heavy (non-hydrogen) atoms. The number of hydrogen-bond acceptors (Lipinski definition) is 0. The number of hydrogen-bond donors (Lipinski definition) is 0. The SMILES string of the molecule is ClP1C(=P(c2ccccc2)(c2ccccc2)c2ccccc2)P2C(=P(c3ccccc3)(c3ccccc3)c3ccccc3)P(Cl)C1(P(Cl)(c1ccccc1)(c1ccccc1)c1ccccc1)P(Cl)C2=P(c1ccccc1)(c1ccccc1)c1ccccc1. The first-order valence-corrected chi connectivity index (χ1v) is 45.8. The molecule has 12 heteroatoms. The second-order valence-corrected chi connectivity index (χ2v) is 53.4. The van der Waals surface area contributed by atoms with Gasteiger partial charge in [0.2, 0.25) is 0 Å². The van der Waals surface area contributed by atoms with E-state index in [0.717, 1.165) is 15.9 Å². The van der Waals surface area contributed by atoms with Crippen LogP contribution in [0.4, 0.5) is 0 Å². The minimum absolute atomic E-state index is 0.988. The third-order valence-corrected chi connectivity index (χ3v) is 71.9. The van der Waals surface area contributed by atoms with Gasteiger partial charge in [-0.1, -0.05) is 0 Å². The van der Waals surface area contributed by atoms with E-state index in [-0.39, 0.29) is 0 Å². The Hall–Kier alpha value is -5.15. The van der Waals surface area contributed by atoms with Crippen LogP contribution in [0.2, 0.25) is 0 Å². The second kappa shape index (κ2) is 25.2. The summed E-state index contributed by atoms with van der Waals surface area (Å²) in [5, 5.41) is 13.9. The van der Waals surface area contributed by atoms with Crippen LogP contribution in [0.25, 0.3) is 0 Å². The summed E-state index contributed by atoms with van der Waals surface area (Å²) >= 11 is 40.4. The van der Waals surface area contributed by atoms with Gasteiger partial charge in [0.15, 0.2) is 0 Å². The van der Waals surface area contributed by atoms with E-state index < -0.39 is 60.7 Å². The van der Waals surface area contributed by atoms with Crippen LogP contribution in [0.15, 0.2) is 364 Å². The summed E-state index contributed by atoms with van der Waals surface area (Å²) in [6, 6.07) is 136. The molecular formula is C76H60Cl4P8. The zero-order valence-corrected chi connectivity index (χ0v) is 57.9. The van der Waals surface area contributed by atoms with Crippen LogP contribution < -0.4 is 63.7 Å². The minimum atomic E-state index is -5.02. The second-order valence-electron chi connectivity index (χ2n) is 21.7. The van der Waals surface area contributed by atoms with Crippen LogP contribution >= 0.6 is 101 Å². The first-order chi connectivity index (χ1) is 43.3. The summed E-state index contributed by atoms with van der Waals surface area (Å²) < 4.78 is 2.66. The van der Waals surface area contributed by atoms with E-state index in [0.29, 0.717) is 0 Å². The van der Waals surface area contributed by atoms with Crippen molar-refractivity contribution in [3.63, 3.8) is 0 Å². The fourth-order valence-corrected chi connectivity index (χ4v) is 88.2. The topological polar surface area (TPSA) is 0 Å². The Labute approximate surface area is 543 Å². The van der Waals surface area contributed by atoms with Gasteiger partial charge >= 0.3 is 548 Å². The van der Waals surface area contributed by atoms with Crippen LogP contribution in [0.1, 0.15) is 0 Å². The van der Waals surface area contributed by atoms with Crippen LogP contribution in [-0.4, -0.2) is 18.7 Å². The van der Waals surface area contributed by atoms with Crippen molar-refractivity contribution in [3.05, 3.63) is 364 Å². The third kappa shape index (κ3) is 8.89. The summed E-state index contributed by atoms with van der Waals surface area (Å²) in [6.45, 7) is -9.77. The number of rotatable bonds is 13. The third-order valence-electron chi connectivity index (χ3n) is 17.4. The van der Waals surface area contributed by atoms with Gasteiger partial charge < -0.3 is 0 Å². The summed E-state index contributed by atoms with van der Waals surface area (Å²) in [7, 11) is -8.08. The van der Waals surface area contributed by atoms with Gasteiger partial charge in [0.05, 0.1) is 0 Å². The Bertz CT molecular complexity index is 3810. The first-order valence-electron chi connectivity index (χ1n) is 29.2. The molecule has 0 N–H and O–H groups in total. The average Bonchev–Trinajstić information content (AvgIpc) is 0.624. The molecule has 0 spiro atoms. The molecule has 0 amide bonds. The van der Waals surface area contributed by atoms with E-state index in [1.807, 2.05) is 0 Å². The zero-order chi connectivity index (χ0) is 59.8. The molecule has 3 heterocycles. The number of halogens is 4. The zero-order valence-electron chi connectivity index (χ0n) is 47.7. The molecule has 3 unspecified atom stereocenters. The molecule has 0 aliphatic carbocycles. The monoisotopic (exact) mass is 1360 g/mol. The van der Waals surface area contributed by atoms with Crippen molar-refractivity contribution in [1.29, 1.82) is 0 Å². The van der Waals surface area contributed by atoms with Crippen molar-refractivity contribution in [3.8, 4) is 0 Å². The Balaban J connectivity index is 1.46. The molecule has 0 saturated carbocycles. The predicted octanol–water partition coefficient (Wildman–Crippen LogP) is 18.9. The Morgan fingerprint density at radius 2 is 0.352 bits per heavy atom. The summed E-state index contributed by atoms with van der Waals surface area (Å²) in [6.07, 6.45) is 0. The van der Waals surface area contributed by atoms with E-state index in [9.17, 15) is 45.0 Å². The maximum atomic E-state index is 10.5. The summed E-state index contributed by atoms with van der Waals surface area (Å²) in [5.41, 5.74) is 0. The van der Waals surface area contributed by atoms with Crippen molar-refractivity contribution in [2.45, 2.75) is 4.38 Å². The van der Waals surface area contributed by atoms with Crippen LogP contribution in [0.5, 0.6) is 0 Å². The summed E-state index contributed by atoms with van der Waals surface area (Å²) in [4.78, 5) is 0. The molecule has 3 fully saturated rings. The van der Waals surface area contributed by atoms with E-state index in [1.54, 1.807) is 0 Å². The fourth-order valence-electron chi connectivity index (χ4n) is 13.8. The first kappa shape index (κ1) is 60.4. The molecule has 3 atom stereocenters. The Kier molecular flexibility index (Phi) is 17.3. The van der Waals surface area contributed by atoms with E-state index >= 15 is 0 Å². The average molecular weight is 1360 g/mol. The molecule has 0 aromatic heterocycles. The molecule has 12 aromatic rings. The van der Waals surface area contributed by atoms with Gasteiger partial charge in [0.25, 0.3) is 0 Å². The Morgan fingerprint density at radius 1 is 0.216 bits per heavy atom. The number of fused-ring (bicyclic) bond motifs is 3. The van der Waals surface area contributed by atoms with E-state index in [1.165, 1.54) is 62.1 Å². The van der Waals surface area contributed by atoms with Crippen molar-refractivity contribution in [2.24, 2.45) is 0 Å². The molecule has 432 valence electrons. The van der Waals surface area contributed by atoms with Gasteiger partial charge in [0, 0.05) is 0 Å². The van der Waals surface area contributed by atoms with Crippen molar-refractivity contribution in [1.82, 2.24) is 0 Å². The van der Waals surface area contributed by atoms with Crippen molar-refractivity contribution in [2.75, 3.05) is 0 Å². The molecule has 0 radical (unpaired) electrons. The quantitative estimate of drug-likeness (QED) is 0.101. The van der Waals surface area contributed by atoms with Crippen molar-refractivity contribution >= 4 is 179 Å². The molecule has 3 aliphatic heterocycles. The van der Waals surface area contributed by atoms with Crippen LogP contribution in [-0.2, 0) is 0 Å². The normalized spacial score (nSPS) is 19.1. The van der Waals surface area contributed by atoms with E-state index in [2.05, 4.69) is 364 Å². The van der Waals surface area contributed by atoms with Gasteiger partial charge in [0.1, 0.15) is 0 Å². The standard InChI is InChI=1S/C76H60Cl4P8/c77-82-73(85(61-37-13-1-14-38-61,62-39-15-2-16-40-62)63-41-17-3-18-42-63)81-74(86(64-43-19-4-20-44-64,65-45-21-5-22-46-65)66-47-23-6-24-48-66)83(78)76(82,88(80,70-55-31-10-32-56-70,71-57-33-11-34-58-71)72-59-35-12-36-60-72)84(79)75(81)87(67-49-25-7-26-50-67,68-51-27-8-28-52-68)69-53-29-9-30-54-69/h1-60H. The number of benzene rings is 12.